The number of amides is 3. The lowest BCUT2D eigenvalue weighted by Crippen LogP contribution is -2.59. The third-order valence-corrected chi connectivity index (χ3v) is 10.7. The Bertz CT molecular complexity index is 1650. The van der Waals surface area contributed by atoms with Gasteiger partial charge in [0.1, 0.15) is 29.4 Å². The Hall–Kier alpha value is -4.52. The molecule has 0 aliphatic carbocycles. The zero-order valence-electron chi connectivity index (χ0n) is 29.5. The minimum Gasteiger partial charge on any atom is -0.497 e. The Morgan fingerprint density at radius 1 is 1.02 bits per heavy atom. The monoisotopic (exact) mass is 701 g/mol. The van der Waals surface area contributed by atoms with Crippen LogP contribution in [0.1, 0.15) is 44.8 Å². The first kappa shape index (κ1) is 36.3. The van der Waals surface area contributed by atoms with Gasteiger partial charge in [0.2, 0.25) is 11.8 Å². The summed E-state index contributed by atoms with van der Waals surface area (Å²) in [6, 6.07) is 13.5. The minimum absolute atomic E-state index is 0.0622. The molecule has 51 heavy (non-hydrogen) atoms. The van der Waals surface area contributed by atoms with Gasteiger partial charge >= 0.3 is 5.97 Å². The number of methoxy groups -OCH3 is 2. The van der Waals surface area contributed by atoms with Crippen molar-refractivity contribution >= 4 is 29.4 Å². The van der Waals surface area contributed by atoms with Crippen molar-refractivity contribution < 1.29 is 43.2 Å². The van der Waals surface area contributed by atoms with Crippen LogP contribution in [-0.4, -0.2) is 97.5 Å². The van der Waals surface area contributed by atoms with Gasteiger partial charge in [-0.3, -0.25) is 19.2 Å². The summed E-state index contributed by atoms with van der Waals surface area (Å²) in [5.41, 5.74) is -0.324. The van der Waals surface area contributed by atoms with Crippen LogP contribution in [0.5, 0.6) is 5.75 Å². The number of allylic oxidation sites excluding steroid dienone is 1. The summed E-state index contributed by atoms with van der Waals surface area (Å²) in [5, 5.41) is 13.7. The van der Waals surface area contributed by atoms with E-state index in [0.29, 0.717) is 29.8 Å². The normalized spacial score (nSPS) is 31.2. The van der Waals surface area contributed by atoms with Crippen LogP contribution in [0.4, 0.5) is 5.69 Å². The van der Waals surface area contributed by atoms with Crippen LogP contribution in [-0.2, 0) is 33.4 Å². The summed E-state index contributed by atoms with van der Waals surface area (Å²) in [4.78, 5) is 60.7. The fourth-order valence-electron chi connectivity index (χ4n) is 7.99. The number of fused-ring (bicyclic) bond motifs is 2. The summed E-state index contributed by atoms with van der Waals surface area (Å²) in [7, 11) is 3.07. The van der Waals surface area contributed by atoms with Gasteiger partial charge in [0.05, 0.1) is 44.4 Å². The number of aliphatic hydroxyl groups is 1. The van der Waals surface area contributed by atoms with Gasteiger partial charge in [-0.15, -0.1) is 0 Å². The third-order valence-electron chi connectivity index (χ3n) is 10.7. The van der Waals surface area contributed by atoms with Crippen LogP contribution in [0, 0.1) is 17.8 Å². The number of aliphatic hydroxyl groups excluding tert-OH is 1. The first-order valence-corrected chi connectivity index (χ1v) is 17.6. The van der Waals surface area contributed by atoms with Gasteiger partial charge in [0, 0.05) is 25.8 Å². The van der Waals surface area contributed by atoms with Crippen molar-refractivity contribution in [3.8, 4) is 5.75 Å². The predicted molar refractivity (Wildman–Crippen MR) is 187 cm³/mol. The number of hydrogen-bond donors (Lipinski definition) is 2. The number of hydrogen-bond acceptors (Lipinski definition) is 9. The molecule has 3 amide bonds. The summed E-state index contributed by atoms with van der Waals surface area (Å²) in [6.45, 7) is 3.76. The number of likely N-dealkylation sites (tertiary alicyclic amines) is 1. The maximum atomic E-state index is 15.0. The van der Waals surface area contributed by atoms with Crippen LogP contribution in [0.2, 0.25) is 0 Å². The molecular formula is C39H47N3O9. The summed E-state index contributed by atoms with van der Waals surface area (Å²) in [5.74, 6) is -3.64. The molecule has 2 aromatic carbocycles. The highest BCUT2D eigenvalue weighted by Gasteiger charge is 2.73. The number of rotatable bonds is 9. The van der Waals surface area contributed by atoms with Gasteiger partial charge in [-0.2, -0.15) is 0 Å². The van der Waals surface area contributed by atoms with Gasteiger partial charge in [-0.1, -0.05) is 74.9 Å². The van der Waals surface area contributed by atoms with E-state index >= 15 is 0 Å². The lowest BCUT2D eigenvalue weighted by atomic mass is 9.77. The molecule has 2 saturated heterocycles. The molecule has 2 aromatic rings. The van der Waals surface area contributed by atoms with Gasteiger partial charge in [0.15, 0.2) is 0 Å². The molecule has 6 rings (SSSR count). The quantitative estimate of drug-likeness (QED) is 0.297. The molecule has 2 N–H and O–H groups in total. The van der Waals surface area contributed by atoms with Crippen molar-refractivity contribution in [3.05, 3.63) is 84.5 Å². The number of ether oxygens (including phenoxy) is 4. The van der Waals surface area contributed by atoms with Crippen molar-refractivity contribution in [2.75, 3.05) is 38.9 Å². The largest absolute Gasteiger partial charge is 0.497 e. The zero-order chi connectivity index (χ0) is 36.3. The summed E-state index contributed by atoms with van der Waals surface area (Å²) in [6.07, 6.45) is 6.28. The molecule has 0 unspecified atom stereocenters. The van der Waals surface area contributed by atoms with E-state index < -0.39 is 65.6 Å². The lowest BCUT2D eigenvalue weighted by molar-refractivity contribution is -0.163. The molecule has 0 radical (unpaired) electrons. The number of cyclic esters (lactones) is 1. The van der Waals surface area contributed by atoms with E-state index in [1.807, 2.05) is 32.0 Å². The molecule has 0 bridgehead atoms. The van der Waals surface area contributed by atoms with E-state index in [2.05, 4.69) is 5.32 Å². The molecule has 0 saturated carbocycles. The smallest absolute Gasteiger partial charge is 0.313 e. The average Bonchev–Trinajstić information content (AvgIpc) is 3.53. The molecule has 4 aliphatic rings. The lowest BCUT2D eigenvalue weighted by Gasteiger charge is -2.40. The Labute approximate surface area is 298 Å². The van der Waals surface area contributed by atoms with Crippen LogP contribution in [0.3, 0.4) is 0 Å². The van der Waals surface area contributed by atoms with Crippen molar-refractivity contribution in [3.63, 3.8) is 0 Å². The second kappa shape index (κ2) is 15.4. The average molecular weight is 702 g/mol. The molecule has 0 aromatic heterocycles. The highest BCUT2D eigenvalue weighted by Crippen LogP contribution is 2.54. The van der Waals surface area contributed by atoms with Crippen molar-refractivity contribution in [1.29, 1.82) is 0 Å². The van der Waals surface area contributed by atoms with E-state index in [-0.39, 0.29) is 38.0 Å². The molecule has 2 fully saturated rings. The Kier molecular flexibility index (Phi) is 10.9. The maximum absolute atomic E-state index is 15.0. The molecular weight excluding hydrogens is 654 g/mol. The highest BCUT2D eigenvalue weighted by atomic mass is 16.6. The SMILES string of the molecule is CC[C@H](C)[C@H](CO)N1C(=O)[C@H]2[C@@H]3C(=O)O[C@@H](c4ccccc4)[C@H](COC)NC(=O)CC/C=C\[C@@H]3O[C@]23C=CCN(c2ccc(OC)cc2)C(=O)[C@H]13. The number of nitrogens with zero attached hydrogens (tertiary/aromatic N) is 2. The molecule has 272 valence electrons. The van der Waals surface area contributed by atoms with E-state index in [9.17, 15) is 24.3 Å². The molecule has 4 heterocycles. The second-order valence-corrected chi connectivity index (χ2v) is 13.6. The van der Waals surface area contributed by atoms with Crippen LogP contribution in [0.25, 0.3) is 0 Å². The summed E-state index contributed by atoms with van der Waals surface area (Å²) < 4.78 is 24.0. The maximum Gasteiger partial charge on any atom is 0.313 e. The molecule has 12 heteroatoms. The van der Waals surface area contributed by atoms with Gasteiger partial charge in [-0.25, -0.2) is 0 Å². The third kappa shape index (κ3) is 6.68. The van der Waals surface area contributed by atoms with E-state index in [0.717, 1.165) is 0 Å². The first-order chi connectivity index (χ1) is 24.7. The highest BCUT2D eigenvalue weighted by molar-refractivity contribution is 6.05. The van der Waals surface area contributed by atoms with Crippen LogP contribution >= 0.6 is 0 Å². The Morgan fingerprint density at radius 3 is 2.43 bits per heavy atom. The fourth-order valence-corrected chi connectivity index (χ4v) is 7.99. The van der Waals surface area contributed by atoms with Crippen molar-refractivity contribution in [2.45, 2.75) is 69.0 Å². The fraction of sp³-hybridized carbons (Fsp3) is 0.487. The molecule has 9 atom stereocenters. The Morgan fingerprint density at radius 2 is 1.76 bits per heavy atom. The van der Waals surface area contributed by atoms with E-state index in [1.54, 1.807) is 72.7 Å². The number of nitrogens with one attached hydrogen (secondary N) is 1. The zero-order valence-corrected chi connectivity index (χ0v) is 29.5. The molecule has 1 spiro atoms. The van der Waals surface area contributed by atoms with Gasteiger partial charge in [-0.05, 0) is 42.2 Å². The van der Waals surface area contributed by atoms with Crippen molar-refractivity contribution in [2.24, 2.45) is 17.8 Å². The number of benzene rings is 2. The van der Waals surface area contributed by atoms with E-state index in [4.69, 9.17) is 18.9 Å². The minimum atomic E-state index is -1.56. The number of anilines is 1. The number of carbonyl (C=O) groups excluding carboxylic acids is 4. The van der Waals surface area contributed by atoms with E-state index in [1.165, 1.54) is 12.0 Å². The Balaban J connectivity index is 1.48. The summed E-state index contributed by atoms with van der Waals surface area (Å²) >= 11 is 0. The predicted octanol–water partition coefficient (Wildman–Crippen LogP) is 3.35. The van der Waals surface area contributed by atoms with Gasteiger partial charge in [0.25, 0.3) is 5.91 Å². The van der Waals surface area contributed by atoms with Crippen molar-refractivity contribution in [1.82, 2.24) is 10.2 Å². The van der Waals surface area contributed by atoms with Crippen LogP contribution < -0.4 is 15.0 Å². The standard InChI is InChI=1S/C39H47N3O9/c1-5-24(2)29(22-43)42-35-37(46)41(26-16-18-27(49-4)19-17-26)21-11-20-39(35)33(36(42)45)32-30(51-39)14-9-10-15-31(44)40-28(23-48-3)34(50-38(32)47)25-12-7-6-8-13-25/h6-9,11-14,16-20,24,28-30,32-35,43H,5,10,15,21-23H2,1-4H3,(H,40,44)/b14-9-/t24-,28-,29-,30-,32+,33+,34-,35-,39+/m0/s1. The van der Waals surface area contributed by atoms with Crippen LogP contribution in [0.15, 0.2) is 78.9 Å². The first-order valence-electron chi connectivity index (χ1n) is 17.6. The molecule has 12 nitrogen and oxygen atoms in total. The molecule has 4 aliphatic heterocycles. The topological polar surface area (TPSA) is 144 Å². The second-order valence-electron chi connectivity index (χ2n) is 13.6. The van der Waals surface area contributed by atoms with Gasteiger partial charge < -0.3 is 39.2 Å². The number of carbonyl (C=O) groups is 4. The number of esters is 1.